The lowest BCUT2D eigenvalue weighted by atomic mass is 9.94. The molecule has 1 aliphatic rings. The van der Waals surface area contributed by atoms with Crippen molar-refractivity contribution in [3.8, 4) is 0 Å². The van der Waals surface area contributed by atoms with Crippen molar-refractivity contribution >= 4 is 5.97 Å². The summed E-state index contributed by atoms with van der Waals surface area (Å²) < 4.78 is 15.4. The number of methoxy groups -OCH3 is 2. The molecule has 0 amide bonds. The van der Waals surface area contributed by atoms with Crippen LogP contribution in [0.4, 0.5) is 0 Å². The second-order valence-electron chi connectivity index (χ2n) is 4.31. The Bertz CT molecular complexity index is 243. The van der Waals surface area contributed by atoms with E-state index < -0.39 is 5.54 Å². The maximum atomic E-state index is 12.0. The Kier molecular flexibility index (Phi) is 5.88. The third-order valence-electron chi connectivity index (χ3n) is 3.08. The average molecular weight is 245 g/mol. The second kappa shape index (κ2) is 6.93. The van der Waals surface area contributed by atoms with E-state index in [0.29, 0.717) is 25.7 Å². The zero-order chi connectivity index (χ0) is 12.7. The monoisotopic (exact) mass is 245 g/mol. The topological polar surface area (TPSA) is 56.8 Å². The van der Waals surface area contributed by atoms with Crippen LogP contribution in [0.3, 0.4) is 0 Å². The molecular weight excluding hydrogens is 222 g/mol. The molecule has 5 nitrogen and oxygen atoms in total. The van der Waals surface area contributed by atoms with E-state index in [-0.39, 0.29) is 5.97 Å². The third-order valence-corrected chi connectivity index (χ3v) is 3.08. The molecule has 0 heterocycles. The zero-order valence-electron chi connectivity index (χ0n) is 11.0. The maximum absolute atomic E-state index is 12.0. The van der Waals surface area contributed by atoms with E-state index in [1.807, 2.05) is 6.92 Å². The van der Waals surface area contributed by atoms with E-state index in [0.717, 1.165) is 19.4 Å². The molecule has 1 rings (SSSR count). The van der Waals surface area contributed by atoms with Gasteiger partial charge in [0, 0.05) is 7.11 Å². The number of carbonyl (C=O) groups excluding carboxylic acids is 1. The summed E-state index contributed by atoms with van der Waals surface area (Å²) in [5, 5.41) is 3.25. The lowest BCUT2D eigenvalue weighted by Crippen LogP contribution is -2.58. The van der Waals surface area contributed by atoms with Crippen molar-refractivity contribution in [3.63, 3.8) is 0 Å². The summed E-state index contributed by atoms with van der Waals surface area (Å²) in [5.41, 5.74) is -0.669. The van der Waals surface area contributed by atoms with Gasteiger partial charge in [0.15, 0.2) is 0 Å². The van der Waals surface area contributed by atoms with Crippen LogP contribution in [0.15, 0.2) is 0 Å². The molecule has 0 aromatic rings. The van der Waals surface area contributed by atoms with Crippen molar-refractivity contribution in [1.29, 1.82) is 0 Å². The van der Waals surface area contributed by atoms with Gasteiger partial charge in [0.05, 0.1) is 26.9 Å². The lowest BCUT2D eigenvalue weighted by Gasteiger charge is -2.31. The van der Waals surface area contributed by atoms with Gasteiger partial charge in [-0.05, 0) is 25.3 Å². The molecule has 17 heavy (non-hydrogen) atoms. The highest BCUT2D eigenvalue weighted by atomic mass is 16.5. The van der Waals surface area contributed by atoms with E-state index in [1.54, 1.807) is 7.11 Å². The fourth-order valence-electron chi connectivity index (χ4n) is 2.06. The van der Waals surface area contributed by atoms with Gasteiger partial charge in [-0.3, -0.25) is 5.32 Å². The van der Waals surface area contributed by atoms with Crippen molar-refractivity contribution in [1.82, 2.24) is 5.32 Å². The van der Waals surface area contributed by atoms with E-state index in [9.17, 15) is 4.79 Å². The highest BCUT2D eigenvalue weighted by Gasteiger charge is 2.51. The molecule has 1 aliphatic carbocycles. The summed E-state index contributed by atoms with van der Waals surface area (Å²) >= 11 is 0. The van der Waals surface area contributed by atoms with Crippen LogP contribution in [0.25, 0.3) is 0 Å². The molecule has 0 aliphatic heterocycles. The van der Waals surface area contributed by atoms with Crippen molar-refractivity contribution < 1.29 is 19.0 Å². The van der Waals surface area contributed by atoms with Gasteiger partial charge < -0.3 is 14.2 Å². The molecule has 1 atom stereocenters. The molecule has 0 aromatic carbocycles. The Morgan fingerprint density at radius 3 is 2.53 bits per heavy atom. The zero-order valence-corrected chi connectivity index (χ0v) is 11.0. The quantitative estimate of drug-likeness (QED) is 0.476. The summed E-state index contributed by atoms with van der Waals surface area (Å²) in [7, 11) is 3.05. The molecule has 0 radical (unpaired) electrons. The predicted octanol–water partition coefficient (Wildman–Crippen LogP) is 0.581. The number of nitrogens with one attached hydrogen (secondary N) is 1. The van der Waals surface area contributed by atoms with Crippen LogP contribution in [0.5, 0.6) is 0 Å². The minimum Gasteiger partial charge on any atom is -0.468 e. The third kappa shape index (κ3) is 3.66. The van der Waals surface area contributed by atoms with Crippen molar-refractivity contribution in [2.24, 2.45) is 5.92 Å². The maximum Gasteiger partial charge on any atom is 0.328 e. The normalized spacial score (nSPS) is 18.8. The van der Waals surface area contributed by atoms with Gasteiger partial charge >= 0.3 is 5.97 Å². The van der Waals surface area contributed by atoms with Gasteiger partial charge in [-0.25, -0.2) is 4.79 Å². The van der Waals surface area contributed by atoms with Crippen LogP contribution in [-0.4, -0.2) is 52.1 Å². The Hall–Kier alpha value is -0.650. The van der Waals surface area contributed by atoms with Gasteiger partial charge in [-0.1, -0.05) is 6.92 Å². The Labute approximate surface area is 103 Å². The fraction of sp³-hybridized carbons (Fsp3) is 0.917. The van der Waals surface area contributed by atoms with Crippen LogP contribution >= 0.6 is 0 Å². The molecule has 1 saturated carbocycles. The molecule has 5 heteroatoms. The molecule has 100 valence electrons. The lowest BCUT2D eigenvalue weighted by molar-refractivity contribution is -0.153. The number of hydrogen-bond donors (Lipinski definition) is 1. The number of rotatable bonds is 9. The highest BCUT2D eigenvalue weighted by molar-refractivity contribution is 5.82. The summed E-state index contributed by atoms with van der Waals surface area (Å²) in [6.07, 6.45) is 2.10. The SMILES string of the molecule is CCNC(COCCOC)(C(=O)OC)C1CC1. The van der Waals surface area contributed by atoms with Crippen LogP contribution in [0.1, 0.15) is 19.8 Å². The molecule has 1 unspecified atom stereocenters. The van der Waals surface area contributed by atoms with Crippen LogP contribution in [0, 0.1) is 5.92 Å². The largest absolute Gasteiger partial charge is 0.468 e. The highest BCUT2D eigenvalue weighted by Crippen LogP contribution is 2.40. The molecule has 0 bridgehead atoms. The molecular formula is C12H23NO4. The smallest absolute Gasteiger partial charge is 0.328 e. The standard InChI is InChI=1S/C12H23NO4/c1-4-13-12(10-5-6-10,11(14)16-3)9-17-8-7-15-2/h10,13H,4-9H2,1-3H3. The molecule has 1 N–H and O–H groups in total. The molecule has 1 fully saturated rings. The van der Waals surface area contributed by atoms with E-state index in [1.165, 1.54) is 7.11 Å². The Morgan fingerprint density at radius 1 is 1.35 bits per heavy atom. The van der Waals surface area contributed by atoms with E-state index in [4.69, 9.17) is 14.2 Å². The number of esters is 1. The first-order valence-electron chi connectivity index (χ1n) is 6.11. The average Bonchev–Trinajstić information content (AvgIpc) is 3.16. The Balaban J connectivity index is 2.58. The first-order chi connectivity index (χ1) is 8.21. The summed E-state index contributed by atoms with van der Waals surface area (Å²) in [5.74, 6) is 0.108. The summed E-state index contributed by atoms with van der Waals surface area (Å²) in [6.45, 7) is 4.08. The molecule has 0 saturated heterocycles. The van der Waals surface area contributed by atoms with Crippen molar-refractivity contribution in [2.75, 3.05) is 40.6 Å². The number of ether oxygens (including phenoxy) is 3. The number of hydrogen-bond acceptors (Lipinski definition) is 5. The van der Waals surface area contributed by atoms with Gasteiger partial charge in [0.25, 0.3) is 0 Å². The minimum absolute atomic E-state index is 0.223. The Morgan fingerprint density at radius 2 is 2.06 bits per heavy atom. The van der Waals surface area contributed by atoms with Gasteiger partial charge in [0.1, 0.15) is 5.54 Å². The van der Waals surface area contributed by atoms with Crippen molar-refractivity contribution in [2.45, 2.75) is 25.3 Å². The first-order valence-corrected chi connectivity index (χ1v) is 6.11. The minimum atomic E-state index is -0.669. The fourth-order valence-corrected chi connectivity index (χ4v) is 2.06. The van der Waals surface area contributed by atoms with Crippen LogP contribution < -0.4 is 5.32 Å². The van der Waals surface area contributed by atoms with Gasteiger partial charge in [0.2, 0.25) is 0 Å². The van der Waals surface area contributed by atoms with Crippen LogP contribution in [0.2, 0.25) is 0 Å². The second-order valence-corrected chi connectivity index (χ2v) is 4.31. The van der Waals surface area contributed by atoms with E-state index in [2.05, 4.69) is 5.32 Å². The van der Waals surface area contributed by atoms with Gasteiger partial charge in [-0.2, -0.15) is 0 Å². The first kappa shape index (κ1) is 14.4. The number of carbonyl (C=O) groups is 1. The molecule has 0 spiro atoms. The number of likely N-dealkylation sites (N-methyl/N-ethyl adjacent to an activating group) is 1. The molecule has 0 aromatic heterocycles. The van der Waals surface area contributed by atoms with Gasteiger partial charge in [-0.15, -0.1) is 0 Å². The van der Waals surface area contributed by atoms with E-state index >= 15 is 0 Å². The summed E-state index contributed by atoms with van der Waals surface area (Å²) in [4.78, 5) is 12.0. The summed E-state index contributed by atoms with van der Waals surface area (Å²) in [6, 6.07) is 0. The van der Waals surface area contributed by atoms with Crippen molar-refractivity contribution in [3.05, 3.63) is 0 Å². The predicted molar refractivity (Wildman–Crippen MR) is 63.8 cm³/mol. The van der Waals surface area contributed by atoms with Crippen LogP contribution in [-0.2, 0) is 19.0 Å².